The second-order valence-electron chi connectivity index (χ2n) is 6.46. The Balaban J connectivity index is 1.87. The number of aromatic nitrogens is 2. The van der Waals surface area contributed by atoms with Gasteiger partial charge in [0.25, 0.3) is 5.56 Å². The standard InChI is InChI=1S/C23H21N3O3S/c1-2-29-22(28)20-15-25-23(30-13-12-17-6-4-3-5-7-17)26(21(20)27)16-19-10-8-18(14-24)9-11-19/h3-11,15H,2,12-13,16H2,1H3. The van der Waals surface area contributed by atoms with E-state index in [1.165, 1.54) is 28.1 Å². The van der Waals surface area contributed by atoms with Gasteiger partial charge in [0.1, 0.15) is 5.56 Å². The number of aryl methyl sites for hydroxylation is 1. The van der Waals surface area contributed by atoms with Crippen LogP contribution in [0, 0.1) is 11.3 Å². The number of nitriles is 1. The predicted molar refractivity (Wildman–Crippen MR) is 116 cm³/mol. The summed E-state index contributed by atoms with van der Waals surface area (Å²) in [4.78, 5) is 29.5. The molecule has 0 amide bonds. The van der Waals surface area contributed by atoms with Crippen LogP contribution in [-0.4, -0.2) is 27.9 Å². The highest BCUT2D eigenvalue weighted by atomic mass is 32.2. The van der Waals surface area contributed by atoms with Crippen molar-refractivity contribution < 1.29 is 9.53 Å². The number of carbonyl (C=O) groups excluding carboxylic acids is 1. The van der Waals surface area contributed by atoms with Crippen LogP contribution in [0.4, 0.5) is 0 Å². The van der Waals surface area contributed by atoms with Gasteiger partial charge >= 0.3 is 5.97 Å². The molecule has 0 aliphatic rings. The van der Waals surface area contributed by atoms with E-state index < -0.39 is 11.5 Å². The molecule has 0 unspecified atom stereocenters. The van der Waals surface area contributed by atoms with Crippen molar-refractivity contribution in [3.63, 3.8) is 0 Å². The molecule has 6 nitrogen and oxygen atoms in total. The Hall–Kier alpha value is -3.37. The summed E-state index contributed by atoms with van der Waals surface area (Å²) in [6.07, 6.45) is 2.12. The number of esters is 1. The largest absolute Gasteiger partial charge is 0.462 e. The topological polar surface area (TPSA) is 85.0 Å². The highest BCUT2D eigenvalue weighted by Gasteiger charge is 2.18. The zero-order valence-corrected chi connectivity index (χ0v) is 17.4. The van der Waals surface area contributed by atoms with E-state index in [2.05, 4.69) is 23.2 Å². The first-order valence-electron chi connectivity index (χ1n) is 9.55. The summed E-state index contributed by atoms with van der Waals surface area (Å²) in [7, 11) is 0. The molecular formula is C23H21N3O3S. The summed E-state index contributed by atoms with van der Waals surface area (Å²) in [5.74, 6) is 0.0622. The summed E-state index contributed by atoms with van der Waals surface area (Å²) >= 11 is 1.46. The van der Waals surface area contributed by atoms with Crippen LogP contribution in [0.5, 0.6) is 0 Å². The summed E-state index contributed by atoms with van der Waals surface area (Å²) in [6, 6.07) is 19.1. The molecule has 152 valence electrons. The lowest BCUT2D eigenvalue weighted by Crippen LogP contribution is -2.30. The summed E-state index contributed by atoms with van der Waals surface area (Å²) in [5, 5.41) is 9.51. The minimum atomic E-state index is -0.676. The maximum Gasteiger partial charge on any atom is 0.345 e. The van der Waals surface area contributed by atoms with E-state index >= 15 is 0 Å². The monoisotopic (exact) mass is 419 g/mol. The Morgan fingerprint density at radius 2 is 1.87 bits per heavy atom. The molecule has 0 fully saturated rings. The Kier molecular flexibility index (Phi) is 7.41. The highest BCUT2D eigenvalue weighted by Crippen LogP contribution is 2.18. The minimum absolute atomic E-state index is 0.0853. The van der Waals surface area contributed by atoms with Gasteiger partial charge in [-0.15, -0.1) is 0 Å². The van der Waals surface area contributed by atoms with Crippen molar-refractivity contribution in [3.05, 3.63) is 93.4 Å². The van der Waals surface area contributed by atoms with Gasteiger partial charge in [0.05, 0.1) is 31.0 Å². The molecule has 0 N–H and O–H groups in total. The van der Waals surface area contributed by atoms with Gasteiger partial charge in [0.15, 0.2) is 5.16 Å². The molecule has 1 heterocycles. The average molecular weight is 420 g/mol. The van der Waals surface area contributed by atoms with Gasteiger partial charge in [0, 0.05) is 5.75 Å². The number of ether oxygens (including phenoxy) is 1. The molecule has 30 heavy (non-hydrogen) atoms. The number of hydrogen-bond donors (Lipinski definition) is 0. The van der Waals surface area contributed by atoms with Crippen LogP contribution < -0.4 is 5.56 Å². The Morgan fingerprint density at radius 1 is 1.13 bits per heavy atom. The molecule has 0 saturated heterocycles. The Morgan fingerprint density at radius 3 is 2.53 bits per heavy atom. The van der Waals surface area contributed by atoms with Crippen molar-refractivity contribution in [2.24, 2.45) is 0 Å². The smallest absolute Gasteiger partial charge is 0.345 e. The van der Waals surface area contributed by atoms with Crippen molar-refractivity contribution in [3.8, 4) is 6.07 Å². The molecule has 0 spiro atoms. The van der Waals surface area contributed by atoms with Gasteiger partial charge in [-0.2, -0.15) is 5.26 Å². The SMILES string of the molecule is CCOC(=O)c1cnc(SCCc2ccccc2)n(Cc2ccc(C#N)cc2)c1=O. The lowest BCUT2D eigenvalue weighted by Gasteiger charge is -2.13. The van der Waals surface area contributed by atoms with Crippen molar-refractivity contribution >= 4 is 17.7 Å². The Bertz CT molecular complexity index is 1100. The first-order valence-corrected chi connectivity index (χ1v) is 10.5. The lowest BCUT2D eigenvalue weighted by molar-refractivity contribution is 0.0522. The zero-order chi connectivity index (χ0) is 21.3. The van der Waals surface area contributed by atoms with Crippen molar-refractivity contribution in [2.45, 2.75) is 25.0 Å². The lowest BCUT2D eigenvalue weighted by atomic mass is 10.1. The van der Waals surface area contributed by atoms with Crippen molar-refractivity contribution in [1.29, 1.82) is 5.26 Å². The second kappa shape index (κ2) is 10.4. The van der Waals surface area contributed by atoms with Gasteiger partial charge in [0.2, 0.25) is 0 Å². The van der Waals surface area contributed by atoms with E-state index in [-0.39, 0.29) is 18.7 Å². The van der Waals surface area contributed by atoms with Gasteiger partial charge < -0.3 is 4.74 Å². The molecule has 7 heteroatoms. The molecule has 3 rings (SSSR count). The number of carbonyl (C=O) groups is 1. The number of nitrogens with zero attached hydrogens (tertiary/aromatic N) is 3. The van der Waals surface area contributed by atoms with Crippen molar-refractivity contribution in [1.82, 2.24) is 9.55 Å². The minimum Gasteiger partial charge on any atom is -0.462 e. The molecule has 2 aromatic carbocycles. The third-order valence-corrected chi connectivity index (χ3v) is 5.39. The van der Waals surface area contributed by atoms with E-state index in [1.807, 2.05) is 18.2 Å². The molecule has 0 aliphatic heterocycles. The predicted octanol–water partition coefficient (Wildman–Crippen LogP) is 3.67. The molecule has 0 radical (unpaired) electrons. The van der Waals surface area contributed by atoms with E-state index in [0.717, 1.165) is 17.7 Å². The summed E-state index contributed by atoms with van der Waals surface area (Å²) < 4.78 is 6.48. The first kappa shape index (κ1) is 21.3. The second-order valence-corrected chi connectivity index (χ2v) is 7.52. The number of thioether (sulfide) groups is 1. The normalized spacial score (nSPS) is 10.4. The molecule has 0 aliphatic carbocycles. The highest BCUT2D eigenvalue weighted by molar-refractivity contribution is 7.99. The fraction of sp³-hybridized carbons (Fsp3) is 0.217. The van der Waals surface area contributed by atoms with Gasteiger partial charge in [-0.1, -0.05) is 54.2 Å². The fourth-order valence-electron chi connectivity index (χ4n) is 2.85. The first-order chi connectivity index (χ1) is 14.6. The number of hydrogen-bond acceptors (Lipinski definition) is 6. The number of benzene rings is 2. The maximum atomic E-state index is 13.0. The zero-order valence-electron chi connectivity index (χ0n) is 16.6. The third-order valence-electron chi connectivity index (χ3n) is 4.39. The third kappa shape index (κ3) is 5.37. The van der Waals surface area contributed by atoms with Crippen molar-refractivity contribution in [2.75, 3.05) is 12.4 Å². The summed E-state index contributed by atoms with van der Waals surface area (Å²) in [6.45, 7) is 2.12. The molecule has 0 bridgehead atoms. The Labute approximate surface area is 179 Å². The fourth-order valence-corrected chi connectivity index (χ4v) is 3.80. The van der Waals surface area contributed by atoms with Crippen LogP contribution in [-0.2, 0) is 17.7 Å². The van der Waals surface area contributed by atoms with E-state index in [1.54, 1.807) is 31.2 Å². The average Bonchev–Trinajstić information content (AvgIpc) is 2.77. The van der Waals surface area contributed by atoms with E-state index in [4.69, 9.17) is 10.00 Å². The van der Waals surface area contributed by atoms with Gasteiger partial charge in [-0.25, -0.2) is 9.78 Å². The van der Waals surface area contributed by atoms with Crippen LogP contribution in [0.1, 0.15) is 34.0 Å². The number of rotatable bonds is 8. The van der Waals surface area contributed by atoms with Crippen LogP contribution >= 0.6 is 11.8 Å². The molecule has 1 aromatic heterocycles. The molecular weight excluding hydrogens is 398 g/mol. The molecule has 3 aromatic rings. The summed E-state index contributed by atoms with van der Waals surface area (Å²) in [5.41, 5.74) is 2.06. The molecule has 0 atom stereocenters. The van der Waals surface area contributed by atoms with E-state index in [0.29, 0.717) is 10.7 Å². The quantitative estimate of drug-likeness (QED) is 0.315. The van der Waals surface area contributed by atoms with Crippen LogP contribution in [0.3, 0.4) is 0 Å². The van der Waals surface area contributed by atoms with Gasteiger partial charge in [-0.05, 0) is 36.6 Å². The van der Waals surface area contributed by atoms with E-state index in [9.17, 15) is 9.59 Å². The van der Waals surface area contributed by atoms with Crippen LogP contribution in [0.15, 0.2) is 70.7 Å². The van der Waals surface area contributed by atoms with Gasteiger partial charge in [-0.3, -0.25) is 9.36 Å². The van der Waals surface area contributed by atoms with Crippen LogP contribution in [0.2, 0.25) is 0 Å². The van der Waals surface area contributed by atoms with Crippen LogP contribution in [0.25, 0.3) is 0 Å². The molecule has 0 saturated carbocycles. The maximum absolute atomic E-state index is 13.0.